The van der Waals surface area contributed by atoms with Crippen LogP contribution in [0.4, 0.5) is 0 Å². The van der Waals surface area contributed by atoms with E-state index in [-0.39, 0.29) is 13.2 Å². The summed E-state index contributed by atoms with van der Waals surface area (Å²) in [6.07, 6.45) is 2.92. The van der Waals surface area contributed by atoms with Gasteiger partial charge in [0.25, 0.3) is 0 Å². The molecule has 56 valence electrons. The van der Waals surface area contributed by atoms with Crippen LogP contribution >= 0.6 is 0 Å². The largest absolute Gasteiger partial charge is 0.396 e. The van der Waals surface area contributed by atoms with Crippen LogP contribution in [0.5, 0.6) is 0 Å². The topological polar surface area (TPSA) is 40.5 Å². The molecule has 2 N–H and O–H groups in total. The van der Waals surface area contributed by atoms with E-state index in [1.807, 2.05) is 6.92 Å². The summed E-state index contributed by atoms with van der Waals surface area (Å²) < 4.78 is 0. The van der Waals surface area contributed by atoms with Gasteiger partial charge in [-0.1, -0.05) is 13.3 Å². The first kappa shape index (κ1) is 8.92. The number of hydrogen-bond donors (Lipinski definition) is 2. The summed E-state index contributed by atoms with van der Waals surface area (Å²) in [4.78, 5) is 0. The lowest BCUT2D eigenvalue weighted by Crippen LogP contribution is -2.00. The van der Waals surface area contributed by atoms with E-state index in [9.17, 15) is 0 Å². The van der Waals surface area contributed by atoms with Gasteiger partial charge >= 0.3 is 0 Å². The second kappa shape index (κ2) is 6.05. The smallest absolute Gasteiger partial charge is 0.0456 e. The summed E-state index contributed by atoms with van der Waals surface area (Å²) in [7, 11) is 0. The fraction of sp³-hybridized carbons (Fsp3) is 1.00. The standard InChI is InChI=1S/C7H16O2/c1-7(6-9)4-2-3-5-8/h7-9H,2-6H2,1H3/t7-/m0/s1. The number of aliphatic hydroxyl groups excluding tert-OH is 2. The molecule has 0 saturated heterocycles. The van der Waals surface area contributed by atoms with Gasteiger partial charge in [-0.25, -0.2) is 0 Å². The SMILES string of the molecule is C[C@H](CO)CCCCO. The lowest BCUT2D eigenvalue weighted by atomic mass is 10.1. The Morgan fingerprint density at radius 2 is 1.89 bits per heavy atom. The van der Waals surface area contributed by atoms with Crippen molar-refractivity contribution in [1.82, 2.24) is 0 Å². The normalized spacial score (nSPS) is 13.7. The summed E-state index contributed by atoms with van der Waals surface area (Å²) in [6.45, 7) is 2.56. The summed E-state index contributed by atoms with van der Waals surface area (Å²) in [5, 5.41) is 17.0. The molecule has 2 nitrogen and oxygen atoms in total. The molecule has 0 spiro atoms. The minimum Gasteiger partial charge on any atom is -0.396 e. The van der Waals surface area contributed by atoms with Crippen LogP contribution in [0, 0.1) is 5.92 Å². The van der Waals surface area contributed by atoms with Crippen LogP contribution in [0.1, 0.15) is 26.2 Å². The summed E-state index contributed by atoms with van der Waals surface area (Å²) in [6, 6.07) is 0. The van der Waals surface area contributed by atoms with Crippen LogP contribution < -0.4 is 0 Å². The highest BCUT2D eigenvalue weighted by atomic mass is 16.3. The molecule has 2 heteroatoms. The summed E-state index contributed by atoms with van der Waals surface area (Å²) in [5.74, 6) is 0.400. The number of unbranched alkanes of at least 4 members (excludes halogenated alkanes) is 1. The van der Waals surface area contributed by atoms with Crippen LogP contribution in [-0.4, -0.2) is 23.4 Å². The maximum Gasteiger partial charge on any atom is 0.0456 e. The number of hydrogen-bond acceptors (Lipinski definition) is 2. The Balaban J connectivity index is 2.88. The van der Waals surface area contributed by atoms with E-state index in [2.05, 4.69) is 0 Å². The molecular weight excluding hydrogens is 116 g/mol. The minimum atomic E-state index is 0.269. The fourth-order valence-electron chi connectivity index (χ4n) is 0.696. The summed E-state index contributed by atoms with van der Waals surface area (Å²) >= 11 is 0. The molecule has 0 aliphatic heterocycles. The lowest BCUT2D eigenvalue weighted by molar-refractivity contribution is 0.220. The van der Waals surface area contributed by atoms with E-state index in [0.717, 1.165) is 19.3 Å². The molecule has 0 saturated carbocycles. The lowest BCUT2D eigenvalue weighted by Gasteiger charge is -2.04. The van der Waals surface area contributed by atoms with E-state index in [4.69, 9.17) is 10.2 Å². The van der Waals surface area contributed by atoms with E-state index in [1.165, 1.54) is 0 Å². The van der Waals surface area contributed by atoms with E-state index < -0.39 is 0 Å². The molecule has 0 aliphatic carbocycles. The van der Waals surface area contributed by atoms with E-state index in [0.29, 0.717) is 5.92 Å². The van der Waals surface area contributed by atoms with Crippen molar-refractivity contribution in [1.29, 1.82) is 0 Å². The van der Waals surface area contributed by atoms with E-state index in [1.54, 1.807) is 0 Å². The van der Waals surface area contributed by atoms with Crippen LogP contribution in [0.15, 0.2) is 0 Å². The molecule has 0 aromatic heterocycles. The van der Waals surface area contributed by atoms with Gasteiger partial charge in [0.2, 0.25) is 0 Å². The highest BCUT2D eigenvalue weighted by Gasteiger charge is 1.97. The summed E-state index contributed by atoms with van der Waals surface area (Å²) in [5.41, 5.74) is 0. The maximum absolute atomic E-state index is 8.57. The molecule has 0 bridgehead atoms. The van der Waals surface area contributed by atoms with Gasteiger partial charge in [-0.3, -0.25) is 0 Å². The fourth-order valence-corrected chi connectivity index (χ4v) is 0.696. The molecule has 0 aromatic carbocycles. The van der Waals surface area contributed by atoms with Crippen molar-refractivity contribution in [2.75, 3.05) is 13.2 Å². The van der Waals surface area contributed by atoms with Gasteiger partial charge in [-0.05, 0) is 18.8 Å². The van der Waals surface area contributed by atoms with Gasteiger partial charge in [0.15, 0.2) is 0 Å². The van der Waals surface area contributed by atoms with Crippen molar-refractivity contribution < 1.29 is 10.2 Å². The molecule has 0 aliphatic rings. The second-order valence-corrected chi connectivity index (χ2v) is 2.51. The van der Waals surface area contributed by atoms with Gasteiger partial charge < -0.3 is 10.2 Å². The second-order valence-electron chi connectivity index (χ2n) is 2.51. The van der Waals surface area contributed by atoms with Crippen molar-refractivity contribution in [2.45, 2.75) is 26.2 Å². The van der Waals surface area contributed by atoms with Crippen LogP contribution in [0.25, 0.3) is 0 Å². The van der Waals surface area contributed by atoms with Crippen LogP contribution in [0.2, 0.25) is 0 Å². The first-order valence-electron chi connectivity index (χ1n) is 3.53. The highest BCUT2D eigenvalue weighted by molar-refractivity contribution is 4.49. The first-order chi connectivity index (χ1) is 4.31. The molecule has 1 atom stereocenters. The first-order valence-corrected chi connectivity index (χ1v) is 3.53. The van der Waals surface area contributed by atoms with Gasteiger partial charge in [0.05, 0.1) is 0 Å². The maximum atomic E-state index is 8.57. The average Bonchev–Trinajstić information content (AvgIpc) is 1.89. The third kappa shape index (κ3) is 5.80. The Bertz CT molecular complexity index is 54.9. The predicted molar refractivity (Wildman–Crippen MR) is 37.2 cm³/mol. The van der Waals surface area contributed by atoms with Crippen molar-refractivity contribution in [3.63, 3.8) is 0 Å². The zero-order valence-electron chi connectivity index (χ0n) is 6.01. The highest BCUT2D eigenvalue weighted by Crippen LogP contribution is 2.05. The Kier molecular flexibility index (Phi) is 5.99. The molecule has 0 rings (SSSR count). The monoisotopic (exact) mass is 132 g/mol. The number of rotatable bonds is 5. The Morgan fingerprint density at radius 1 is 1.22 bits per heavy atom. The molecule has 9 heavy (non-hydrogen) atoms. The quantitative estimate of drug-likeness (QED) is 0.543. The molecule has 0 aromatic rings. The molecule has 0 heterocycles. The third-order valence-electron chi connectivity index (χ3n) is 1.42. The van der Waals surface area contributed by atoms with Gasteiger partial charge in [-0.2, -0.15) is 0 Å². The van der Waals surface area contributed by atoms with Crippen molar-refractivity contribution in [2.24, 2.45) is 5.92 Å². The van der Waals surface area contributed by atoms with Crippen molar-refractivity contribution in [3.05, 3.63) is 0 Å². The molecular formula is C7H16O2. The predicted octanol–water partition coefficient (Wildman–Crippen LogP) is 0.777. The number of aliphatic hydroxyl groups is 2. The zero-order chi connectivity index (χ0) is 7.11. The zero-order valence-corrected chi connectivity index (χ0v) is 6.01. The Hall–Kier alpha value is -0.0800. The van der Waals surface area contributed by atoms with Crippen molar-refractivity contribution >= 4 is 0 Å². The third-order valence-corrected chi connectivity index (χ3v) is 1.42. The van der Waals surface area contributed by atoms with Crippen LogP contribution in [-0.2, 0) is 0 Å². The molecule has 0 fully saturated rings. The van der Waals surface area contributed by atoms with Gasteiger partial charge in [0, 0.05) is 13.2 Å². The van der Waals surface area contributed by atoms with Crippen LogP contribution in [0.3, 0.4) is 0 Å². The molecule has 0 radical (unpaired) electrons. The van der Waals surface area contributed by atoms with Crippen molar-refractivity contribution in [3.8, 4) is 0 Å². The molecule has 0 unspecified atom stereocenters. The van der Waals surface area contributed by atoms with E-state index >= 15 is 0 Å². The average molecular weight is 132 g/mol. The van der Waals surface area contributed by atoms with Gasteiger partial charge in [0.1, 0.15) is 0 Å². The van der Waals surface area contributed by atoms with Gasteiger partial charge in [-0.15, -0.1) is 0 Å². The Morgan fingerprint density at radius 3 is 2.33 bits per heavy atom. The Labute approximate surface area is 56.5 Å². The molecule has 0 amide bonds. The minimum absolute atomic E-state index is 0.269.